The molecule has 0 aliphatic rings. The van der Waals surface area contributed by atoms with E-state index in [1.165, 1.54) is 6.92 Å². The zero-order valence-corrected chi connectivity index (χ0v) is 9.25. The highest BCUT2D eigenvalue weighted by Crippen LogP contribution is 2.43. The van der Waals surface area contributed by atoms with Crippen LogP contribution in [-0.2, 0) is 6.18 Å². The third kappa shape index (κ3) is 2.82. The molecule has 0 spiro atoms. The van der Waals surface area contributed by atoms with Crippen LogP contribution >= 0.6 is 0 Å². The summed E-state index contributed by atoms with van der Waals surface area (Å²) in [6, 6.07) is 1.59. The molecule has 1 unspecified atom stereocenters. The SMILES string of the molecule is CC(CCN)c1c(C(F)(F)F)ccc(O)c1O. The summed E-state index contributed by atoms with van der Waals surface area (Å²) in [5.74, 6) is -1.86. The third-order valence-electron chi connectivity index (χ3n) is 2.59. The molecule has 17 heavy (non-hydrogen) atoms. The lowest BCUT2D eigenvalue weighted by atomic mass is 9.91. The Morgan fingerprint density at radius 2 is 1.88 bits per heavy atom. The van der Waals surface area contributed by atoms with Crippen LogP contribution in [0, 0.1) is 0 Å². The number of halogens is 3. The fraction of sp³-hybridized carbons (Fsp3) is 0.455. The molecule has 0 fully saturated rings. The zero-order chi connectivity index (χ0) is 13.2. The Morgan fingerprint density at radius 1 is 1.29 bits per heavy atom. The lowest BCUT2D eigenvalue weighted by molar-refractivity contribution is -0.138. The van der Waals surface area contributed by atoms with Gasteiger partial charge in [0.2, 0.25) is 0 Å². The third-order valence-corrected chi connectivity index (χ3v) is 2.59. The first-order valence-electron chi connectivity index (χ1n) is 5.11. The molecule has 0 aromatic heterocycles. The van der Waals surface area contributed by atoms with Crippen molar-refractivity contribution in [3.8, 4) is 11.5 Å². The van der Waals surface area contributed by atoms with Crippen LogP contribution in [0.15, 0.2) is 12.1 Å². The summed E-state index contributed by atoms with van der Waals surface area (Å²) in [7, 11) is 0. The second kappa shape index (κ2) is 4.83. The minimum absolute atomic E-state index is 0.202. The number of aromatic hydroxyl groups is 2. The molecular formula is C11H14F3NO2. The quantitative estimate of drug-likeness (QED) is 0.721. The maximum Gasteiger partial charge on any atom is 0.416 e. The zero-order valence-electron chi connectivity index (χ0n) is 9.25. The van der Waals surface area contributed by atoms with Crippen molar-refractivity contribution in [3.63, 3.8) is 0 Å². The van der Waals surface area contributed by atoms with E-state index < -0.39 is 29.2 Å². The highest BCUT2D eigenvalue weighted by Gasteiger charge is 2.36. The molecule has 0 aliphatic carbocycles. The normalized spacial score (nSPS) is 13.7. The van der Waals surface area contributed by atoms with Crippen LogP contribution in [0.4, 0.5) is 13.2 Å². The fourth-order valence-corrected chi connectivity index (χ4v) is 1.74. The Morgan fingerprint density at radius 3 is 2.35 bits per heavy atom. The molecular weight excluding hydrogens is 235 g/mol. The first-order valence-corrected chi connectivity index (χ1v) is 5.11. The van der Waals surface area contributed by atoms with Crippen molar-refractivity contribution >= 4 is 0 Å². The van der Waals surface area contributed by atoms with Gasteiger partial charge in [0.05, 0.1) is 5.56 Å². The summed E-state index contributed by atoms with van der Waals surface area (Å²) in [5.41, 5.74) is 4.05. The maximum atomic E-state index is 12.7. The molecule has 1 aromatic rings. The Kier molecular flexibility index (Phi) is 3.87. The highest BCUT2D eigenvalue weighted by atomic mass is 19.4. The number of rotatable bonds is 3. The van der Waals surface area contributed by atoms with E-state index in [9.17, 15) is 23.4 Å². The second-order valence-electron chi connectivity index (χ2n) is 3.87. The lowest BCUT2D eigenvalue weighted by Crippen LogP contribution is -2.13. The molecule has 96 valence electrons. The van der Waals surface area contributed by atoms with Crippen LogP contribution in [0.3, 0.4) is 0 Å². The maximum absolute atomic E-state index is 12.7. The van der Waals surface area contributed by atoms with Crippen molar-refractivity contribution in [1.82, 2.24) is 0 Å². The van der Waals surface area contributed by atoms with E-state index in [2.05, 4.69) is 0 Å². The topological polar surface area (TPSA) is 66.5 Å². The van der Waals surface area contributed by atoms with Gasteiger partial charge in [0.1, 0.15) is 0 Å². The average Bonchev–Trinajstić information content (AvgIpc) is 2.20. The summed E-state index contributed by atoms with van der Waals surface area (Å²) in [6.07, 6.45) is -4.27. The first kappa shape index (κ1) is 13.6. The molecule has 0 heterocycles. The lowest BCUT2D eigenvalue weighted by Gasteiger charge is -2.19. The minimum Gasteiger partial charge on any atom is -0.504 e. The number of hydrogen-bond donors (Lipinski definition) is 3. The van der Waals surface area contributed by atoms with Crippen molar-refractivity contribution in [3.05, 3.63) is 23.3 Å². The largest absolute Gasteiger partial charge is 0.504 e. The van der Waals surface area contributed by atoms with Gasteiger partial charge in [-0.1, -0.05) is 6.92 Å². The van der Waals surface area contributed by atoms with Crippen molar-refractivity contribution in [1.29, 1.82) is 0 Å². The van der Waals surface area contributed by atoms with Crippen molar-refractivity contribution in [2.24, 2.45) is 5.73 Å². The van der Waals surface area contributed by atoms with E-state index in [4.69, 9.17) is 5.73 Å². The van der Waals surface area contributed by atoms with Gasteiger partial charge < -0.3 is 15.9 Å². The van der Waals surface area contributed by atoms with Crippen LogP contribution in [-0.4, -0.2) is 16.8 Å². The number of phenolic OH excluding ortho intramolecular Hbond substituents is 2. The van der Waals surface area contributed by atoms with Gasteiger partial charge in [-0.3, -0.25) is 0 Å². The van der Waals surface area contributed by atoms with Gasteiger partial charge in [0.15, 0.2) is 11.5 Å². The standard InChI is InChI=1S/C11H14F3NO2/c1-6(4-5-15)9-7(11(12,13)14)2-3-8(16)10(9)17/h2-3,6,16-17H,4-5,15H2,1H3. The summed E-state index contributed by atoms with van der Waals surface area (Å²) in [5, 5.41) is 18.8. The van der Waals surface area contributed by atoms with Crippen molar-refractivity contribution in [2.45, 2.75) is 25.4 Å². The van der Waals surface area contributed by atoms with Crippen LogP contribution in [0.1, 0.15) is 30.4 Å². The van der Waals surface area contributed by atoms with Gasteiger partial charge >= 0.3 is 6.18 Å². The number of benzene rings is 1. The van der Waals surface area contributed by atoms with Gasteiger partial charge in [-0.15, -0.1) is 0 Å². The molecule has 3 nitrogen and oxygen atoms in total. The van der Waals surface area contributed by atoms with E-state index in [0.29, 0.717) is 6.42 Å². The number of phenols is 2. The summed E-state index contributed by atoms with van der Waals surface area (Å²) >= 11 is 0. The average molecular weight is 249 g/mol. The Labute approximate surface area is 96.7 Å². The van der Waals surface area contributed by atoms with Gasteiger partial charge in [-0.05, 0) is 31.0 Å². The molecule has 0 bridgehead atoms. The number of alkyl halides is 3. The molecule has 0 amide bonds. The van der Waals surface area contributed by atoms with Crippen molar-refractivity contribution < 1.29 is 23.4 Å². The summed E-state index contributed by atoms with van der Waals surface area (Å²) < 4.78 is 38.2. The Hall–Kier alpha value is -1.43. The molecule has 1 aromatic carbocycles. The number of nitrogens with two attached hydrogens (primary N) is 1. The Bertz CT molecular complexity index is 404. The molecule has 0 saturated heterocycles. The predicted molar refractivity (Wildman–Crippen MR) is 56.9 cm³/mol. The van der Waals surface area contributed by atoms with Crippen molar-refractivity contribution in [2.75, 3.05) is 6.54 Å². The highest BCUT2D eigenvalue weighted by molar-refractivity contribution is 5.51. The van der Waals surface area contributed by atoms with Crippen LogP contribution in [0.2, 0.25) is 0 Å². The van der Waals surface area contributed by atoms with Gasteiger partial charge in [-0.25, -0.2) is 0 Å². The Balaban J connectivity index is 3.36. The van der Waals surface area contributed by atoms with Gasteiger partial charge in [0.25, 0.3) is 0 Å². The smallest absolute Gasteiger partial charge is 0.416 e. The van der Waals surface area contributed by atoms with Gasteiger partial charge in [0, 0.05) is 5.56 Å². The fourth-order valence-electron chi connectivity index (χ4n) is 1.74. The summed E-state index contributed by atoms with van der Waals surface area (Å²) in [4.78, 5) is 0. The van der Waals surface area contributed by atoms with E-state index in [0.717, 1.165) is 12.1 Å². The molecule has 0 aliphatic heterocycles. The van der Waals surface area contributed by atoms with Crippen LogP contribution in [0.5, 0.6) is 11.5 Å². The molecule has 0 saturated carbocycles. The van der Waals surface area contributed by atoms with Crippen LogP contribution < -0.4 is 5.73 Å². The molecule has 1 atom stereocenters. The van der Waals surface area contributed by atoms with E-state index in [1.807, 2.05) is 0 Å². The minimum atomic E-state index is -4.57. The number of hydrogen-bond acceptors (Lipinski definition) is 3. The van der Waals surface area contributed by atoms with Crippen LogP contribution in [0.25, 0.3) is 0 Å². The molecule has 6 heteroatoms. The second-order valence-corrected chi connectivity index (χ2v) is 3.87. The molecule has 1 rings (SSSR count). The van der Waals surface area contributed by atoms with E-state index >= 15 is 0 Å². The molecule has 4 N–H and O–H groups in total. The first-order chi connectivity index (χ1) is 7.79. The van der Waals surface area contributed by atoms with E-state index in [1.54, 1.807) is 0 Å². The monoisotopic (exact) mass is 249 g/mol. The van der Waals surface area contributed by atoms with Gasteiger partial charge in [-0.2, -0.15) is 13.2 Å². The van der Waals surface area contributed by atoms with E-state index in [-0.39, 0.29) is 12.1 Å². The molecule has 0 radical (unpaired) electrons. The predicted octanol–water partition coefficient (Wildman–Crippen LogP) is 2.57. The summed E-state index contributed by atoms with van der Waals surface area (Å²) in [6.45, 7) is 1.73.